The lowest BCUT2D eigenvalue weighted by atomic mass is 10.2. The minimum absolute atomic E-state index is 0.0579. The summed E-state index contributed by atoms with van der Waals surface area (Å²) < 4.78 is 12.0. The van der Waals surface area contributed by atoms with Crippen molar-refractivity contribution in [2.24, 2.45) is 0 Å². The lowest BCUT2D eigenvalue weighted by Gasteiger charge is -2.10. The number of halogens is 1. The number of nitrogens with one attached hydrogen (secondary N) is 1. The van der Waals surface area contributed by atoms with E-state index in [1.165, 1.54) is 0 Å². The number of amides is 1. The van der Waals surface area contributed by atoms with Gasteiger partial charge in [0, 0.05) is 21.6 Å². The van der Waals surface area contributed by atoms with Crippen LogP contribution >= 0.6 is 22.9 Å². The van der Waals surface area contributed by atoms with Crippen LogP contribution in [0.1, 0.15) is 17.7 Å². The molecule has 1 aliphatic rings. The Hall–Kier alpha value is -1.14. The second kappa shape index (κ2) is 7.42. The number of rotatable bonds is 6. The molecule has 0 saturated carbocycles. The highest BCUT2D eigenvalue weighted by Gasteiger charge is 2.16. The van der Waals surface area contributed by atoms with Crippen LogP contribution in [0.5, 0.6) is 0 Å². The third-order valence-corrected chi connectivity index (χ3v) is 5.32. The van der Waals surface area contributed by atoms with E-state index in [0.717, 1.165) is 39.4 Å². The molecule has 0 radical (unpaired) electrons. The van der Waals surface area contributed by atoms with E-state index >= 15 is 0 Å². The number of carbonyl (C=O) groups excluding carboxylic acids is 1. The molecule has 1 amide bonds. The van der Waals surface area contributed by atoms with Gasteiger partial charge in [-0.25, -0.2) is 0 Å². The van der Waals surface area contributed by atoms with E-state index in [9.17, 15) is 4.79 Å². The Morgan fingerprint density at radius 3 is 3.09 bits per heavy atom. The number of hydrogen-bond acceptors (Lipinski definition) is 4. The molecule has 1 fully saturated rings. The van der Waals surface area contributed by atoms with Crippen molar-refractivity contribution in [3.05, 3.63) is 34.2 Å². The molecule has 1 aliphatic heterocycles. The predicted octanol–water partition coefficient (Wildman–Crippen LogP) is 3.37. The Bertz CT molecular complexity index is 652. The Labute approximate surface area is 138 Å². The summed E-state index contributed by atoms with van der Waals surface area (Å²) in [6, 6.07) is 7.96. The first-order valence-corrected chi connectivity index (χ1v) is 8.55. The zero-order valence-electron chi connectivity index (χ0n) is 12.1. The van der Waals surface area contributed by atoms with Crippen LogP contribution in [0.3, 0.4) is 0 Å². The van der Waals surface area contributed by atoms with Gasteiger partial charge in [-0.05, 0) is 18.9 Å². The zero-order valence-corrected chi connectivity index (χ0v) is 13.7. The van der Waals surface area contributed by atoms with Gasteiger partial charge in [0.25, 0.3) is 0 Å². The van der Waals surface area contributed by atoms with Crippen LogP contribution in [0.25, 0.3) is 10.1 Å². The van der Waals surface area contributed by atoms with E-state index in [0.29, 0.717) is 13.2 Å². The molecule has 1 aromatic carbocycles. The summed E-state index contributed by atoms with van der Waals surface area (Å²) in [5, 5.41) is 4.61. The molecule has 118 valence electrons. The summed E-state index contributed by atoms with van der Waals surface area (Å²) in [6.07, 6.45) is 2.23. The molecular weight excluding hydrogens is 322 g/mol. The molecule has 22 heavy (non-hydrogen) atoms. The zero-order chi connectivity index (χ0) is 15.4. The molecule has 0 bridgehead atoms. The first kappa shape index (κ1) is 15.7. The number of fused-ring (bicyclic) bond motifs is 1. The number of hydrogen-bond donors (Lipinski definition) is 1. The topological polar surface area (TPSA) is 47.6 Å². The van der Waals surface area contributed by atoms with Gasteiger partial charge in [0.05, 0.1) is 24.3 Å². The Kier molecular flexibility index (Phi) is 5.31. The van der Waals surface area contributed by atoms with Crippen molar-refractivity contribution < 1.29 is 14.3 Å². The van der Waals surface area contributed by atoms with Crippen molar-refractivity contribution in [1.29, 1.82) is 0 Å². The van der Waals surface area contributed by atoms with Gasteiger partial charge in [0.1, 0.15) is 6.61 Å². The van der Waals surface area contributed by atoms with Crippen molar-refractivity contribution in [1.82, 2.24) is 5.32 Å². The standard InChI is InChI=1S/C16H18ClNO3S/c17-16-12-5-1-2-6-13(12)22-14(16)8-18-15(19)10-20-9-11-4-3-7-21-11/h1-2,5-6,11H,3-4,7-10H2,(H,18,19)/t11-/m0/s1. The average Bonchev–Trinajstić information content (AvgIpc) is 3.14. The minimum Gasteiger partial charge on any atom is -0.376 e. The highest BCUT2D eigenvalue weighted by Crippen LogP contribution is 2.34. The number of benzene rings is 1. The first-order chi connectivity index (χ1) is 10.7. The largest absolute Gasteiger partial charge is 0.376 e. The van der Waals surface area contributed by atoms with E-state index in [4.69, 9.17) is 21.1 Å². The van der Waals surface area contributed by atoms with Crippen molar-refractivity contribution in [2.75, 3.05) is 19.8 Å². The number of carbonyl (C=O) groups is 1. The molecule has 3 rings (SSSR count). The van der Waals surface area contributed by atoms with Crippen LogP contribution in [0.4, 0.5) is 0 Å². The van der Waals surface area contributed by atoms with E-state index in [1.807, 2.05) is 24.3 Å². The van der Waals surface area contributed by atoms with Crippen LogP contribution in [-0.2, 0) is 20.8 Å². The van der Waals surface area contributed by atoms with Gasteiger partial charge in [-0.15, -0.1) is 11.3 Å². The Morgan fingerprint density at radius 2 is 2.32 bits per heavy atom. The maximum absolute atomic E-state index is 11.8. The van der Waals surface area contributed by atoms with Crippen LogP contribution in [-0.4, -0.2) is 31.8 Å². The van der Waals surface area contributed by atoms with Gasteiger partial charge in [-0.1, -0.05) is 29.8 Å². The third-order valence-electron chi connectivity index (χ3n) is 3.61. The van der Waals surface area contributed by atoms with Crippen LogP contribution in [0.2, 0.25) is 5.02 Å². The Morgan fingerprint density at radius 1 is 1.45 bits per heavy atom. The maximum Gasteiger partial charge on any atom is 0.246 e. The van der Waals surface area contributed by atoms with Gasteiger partial charge in [0.2, 0.25) is 5.91 Å². The van der Waals surface area contributed by atoms with E-state index in [1.54, 1.807) is 11.3 Å². The molecule has 1 saturated heterocycles. The van der Waals surface area contributed by atoms with Crippen molar-refractivity contribution in [3.63, 3.8) is 0 Å². The summed E-state index contributed by atoms with van der Waals surface area (Å²) in [5.41, 5.74) is 0. The van der Waals surface area contributed by atoms with E-state index in [2.05, 4.69) is 5.32 Å². The molecule has 2 heterocycles. The SMILES string of the molecule is O=C(COC[C@@H]1CCCO1)NCc1sc2ccccc2c1Cl. The van der Waals surface area contributed by atoms with Gasteiger partial charge in [-0.3, -0.25) is 4.79 Å². The van der Waals surface area contributed by atoms with E-state index in [-0.39, 0.29) is 18.6 Å². The average molecular weight is 340 g/mol. The second-order valence-electron chi connectivity index (χ2n) is 5.26. The molecule has 6 heteroatoms. The smallest absolute Gasteiger partial charge is 0.246 e. The molecule has 1 aromatic heterocycles. The first-order valence-electron chi connectivity index (χ1n) is 7.36. The molecule has 1 atom stereocenters. The van der Waals surface area contributed by atoms with Gasteiger partial charge in [-0.2, -0.15) is 0 Å². The fourth-order valence-electron chi connectivity index (χ4n) is 2.47. The molecule has 0 aliphatic carbocycles. The summed E-state index contributed by atoms with van der Waals surface area (Å²) >= 11 is 7.95. The highest BCUT2D eigenvalue weighted by molar-refractivity contribution is 7.19. The lowest BCUT2D eigenvalue weighted by Crippen LogP contribution is -2.28. The number of ether oxygens (including phenoxy) is 2. The normalized spacial score (nSPS) is 18.0. The second-order valence-corrected chi connectivity index (χ2v) is 6.78. The maximum atomic E-state index is 11.8. The quantitative estimate of drug-likeness (QED) is 0.877. The summed E-state index contributed by atoms with van der Waals surface area (Å²) in [6.45, 7) is 1.77. The van der Waals surface area contributed by atoms with Gasteiger partial charge < -0.3 is 14.8 Å². The lowest BCUT2D eigenvalue weighted by molar-refractivity contribution is -0.126. The monoisotopic (exact) mass is 339 g/mol. The van der Waals surface area contributed by atoms with Gasteiger partial charge in [0.15, 0.2) is 0 Å². The van der Waals surface area contributed by atoms with Crippen LogP contribution < -0.4 is 5.32 Å². The molecule has 0 spiro atoms. The van der Waals surface area contributed by atoms with Crippen LogP contribution in [0, 0.1) is 0 Å². The van der Waals surface area contributed by atoms with Crippen molar-refractivity contribution in [3.8, 4) is 0 Å². The predicted molar refractivity (Wildman–Crippen MR) is 88.5 cm³/mol. The third kappa shape index (κ3) is 3.79. The molecule has 0 unspecified atom stereocenters. The van der Waals surface area contributed by atoms with Crippen LogP contribution in [0.15, 0.2) is 24.3 Å². The molecular formula is C16H18ClNO3S. The molecule has 4 nitrogen and oxygen atoms in total. The summed E-state index contributed by atoms with van der Waals surface area (Å²) in [7, 11) is 0. The molecule has 1 N–H and O–H groups in total. The van der Waals surface area contributed by atoms with Crippen molar-refractivity contribution >= 4 is 38.9 Å². The fourth-order valence-corrected chi connectivity index (χ4v) is 3.91. The fraction of sp³-hybridized carbons (Fsp3) is 0.438. The van der Waals surface area contributed by atoms with Crippen molar-refractivity contribution in [2.45, 2.75) is 25.5 Å². The highest BCUT2D eigenvalue weighted by atomic mass is 35.5. The van der Waals surface area contributed by atoms with Gasteiger partial charge >= 0.3 is 0 Å². The van der Waals surface area contributed by atoms with E-state index < -0.39 is 0 Å². The summed E-state index contributed by atoms with van der Waals surface area (Å²) in [4.78, 5) is 12.8. The number of thiophene rings is 1. The molecule has 2 aromatic rings. The summed E-state index contributed by atoms with van der Waals surface area (Å²) in [5.74, 6) is -0.133. The minimum atomic E-state index is -0.133. The Balaban J connectivity index is 1.46.